The third kappa shape index (κ3) is 8.14. The Kier molecular flexibility index (Phi) is 10.2. The summed E-state index contributed by atoms with van der Waals surface area (Å²) in [5.74, 6) is -0.499. The molecule has 0 unspecified atom stereocenters. The van der Waals surface area contributed by atoms with Crippen LogP contribution in [0.3, 0.4) is 0 Å². The molecule has 35 heavy (non-hydrogen) atoms. The lowest BCUT2D eigenvalue weighted by Gasteiger charge is -2.07. The maximum atomic E-state index is 12.6. The molecule has 0 aliphatic heterocycles. The average molecular weight is 489 g/mol. The smallest absolute Gasteiger partial charge is 0.277 e. The van der Waals surface area contributed by atoms with Gasteiger partial charge in [0.05, 0.1) is 59.0 Å². The summed E-state index contributed by atoms with van der Waals surface area (Å²) in [6.07, 6.45) is 1.56. The summed E-state index contributed by atoms with van der Waals surface area (Å²) in [5, 5.41) is 11.5. The van der Waals surface area contributed by atoms with Crippen molar-refractivity contribution in [1.82, 2.24) is 24.9 Å². The number of nitrogens with one attached hydrogen (secondary N) is 2. The monoisotopic (exact) mass is 488 g/mol. The van der Waals surface area contributed by atoms with Gasteiger partial charge < -0.3 is 34.1 Å². The Morgan fingerprint density at radius 3 is 2.37 bits per heavy atom. The number of rotatable bonds is 15. The number of anilines is 1. The van der Waals surface area contributed by atoms with Gasteiger partial charge in [-0.2, -0.15) is 0 Å². The molecule has 0 radical (unpaired) electrons. The summed E-state index contributed by atoms with van der Waals surface area (Å²) in [6.45, 7) is 3.92. The van der Waals surface area contributed by atoms with Crippen molar-refractivity contribution in [3.63, 3.8) is 0 Å². The number of aromatic nitrogens is 4. The second-order valence-corrected chi connectivity index (χ2v) is 7.84. The number of hydrogen-bond donors (Lipinski definition) is 2. The van der Waals surface area contributed by atoms with Crippen LogP contribution in [0.15, 0.2) is 30.5 Å². The van der Waals surface area contributed by atoms with Gasteiger partial charge in [0.1, 0.15) is 5.69 Å². The van der Waals surface area contributed by atoms with Gasteiger partial charge >= 0.3 is 0 Å². The van der Waals surface area contributed by atoms with E-state index in [4.69, 9.17) is 18.9 Å². The van der Waals surface area contributed by atoms with E-state index in [0.29, 0.717) is 64.2 Å². The molecule has 0 bridgehead atoms. The fraction of sp³-hybridized carbons (Fsp3) is 0.478. The quantitative estimate of drug-likeness (QED) is 0.307. The van der Waals surface area contributed by atoms with Gasteiger partial charge in [-0.1, -0.05) is 5.21 Å². The molecule has 1 aromatic carbocycles. The van der Waals surface area contributed by atoms with Crippen LogP contribution in [0.4, 0.5) is 5.69 Å². The van der Waals surface area contributed by atoms with Gasteiger partial charge in [0, 0.05) is 37.8 Å². The van der Waals surface area contributed by atoms with Gasteiger partial charge in [0.2, 0.25) is 0 Å². The minimum absolute atomic E-state index is 0.122. The molecule has 12 heteroatoms. The van der Waals surface area contributed by atoms with Gasteiger partial charge in [0.25, 0.3) is 11.8 Å². The lowest BCUT2D eigenvalue weighted by Crippen LogP contribution is -2.21. The summed E-state index contributed by atoms with van der Waals surface area (Å²) >= 11 is 0. The number of carbonyl (C=O) groups excluding carboxylic acids is 2. The molecular weight excluding hydrogens is 456 g/mol. The van der Waals surface area contributed by atoms with E-state index in [9.17, 15) is 9.59 Å². The number of amides is 2. The molecule has 0 fully saturated rings. The van der Waals surface area contributed by atoms with Crippen molar-refractivity contribution in [2.75, 3.05) is 72.8 Å². The Bertz CT molecular complexity index is 1100. The molecule has 0 aliphatic carbocycles. The highest BCUT2D eigenvalue weighted by atomic mass is 16.6. The highest BCUT2D eigenvalue weighted by Crippen LogP contribution is 2.21. The molecule has 3 rings (SSSR count). The van der Waals surface area contributed by atoms with Gasteiger partial charge in [-0.3, -0.25) is 9.59 Å². The maximum absolute atomic E-state index is 12.6. The molecule has 12 nitrogen and oxygen atoms in total. The lowest BCUT2D eigenvalue weighted by molar-refractivity contribution is 0.00244. The summed E-state index contributed by atoms with van der Waals surface area (Å²) in [7, 11) is 5.01. The molecule has 3 aromatic rings. The molecule has 0 aliphatic rings. The second kappa shape index (κ2) is 13.5. The third-order valence-electron chi connectivity index (χ3n) is 4.93. The Morgan fingerprint density at radius 2 is 1.69 bits per heavy atom. The molecule has 0 atom stereocenters. The van der Waals surface area contributed by atoms with E-state index in [0.717, 1.165) is 10.9 Å². The fourth-order valence-corrected chi connectivity index (χ4v) is 3.12. The first-order chi connectivity index (χ1) is 17.0. The molecule has 190 valence electrons. The van der Waals surface area contributed by atoms with Crippen molar-refractivity contribution in [2.45, 2.75) is 6.54 Å². The summed E-state index contributed by atoms with van der Waals surface area (Å²) in [4.78, 5) is 29.3. The topological polar surface area (TPSA) is 133 Å². The van der Waals surface area contributed by atoms with Crippen LogP contribution in [0, 0.1) is 0 Å². The predicted octanol–water partition coefficient (Wildman–Crippen LogP) is 1.41. The standard InChI is InChI=1S/C23H32N6O6/c1-28(2)23(31)20-15-17-14-18(4-5-19(17)25-20)24-22(30)21-16-29(27-26-21)6-7-33-10-11-35-13-12-34-9-8-32-3/h4-5,14-16,25H,6-13H2,1-3H3,(H,24,30). The molecule has 0 saturated carbocycles. The van der Waals surface area contributed by atoms with Crippen LogP contribution >= 0.6 is 0 Å². The normalized spacial score (nSPS) is 11.2. The van der Waals surface area contributed by atoms with E-state index >= 15 is 0 Å². The zero-order valence-electron chi connectivity index (χ0n) is 20.3. The minimum atomic E-state index is -0.377. The molecule has 0 spiro atoms. The lowest BCUT2D eigenvalue weighted by atomic mass is 10.2. The predicted molar refractivity (Wildman–Crippen MR) is 129 cm³/mol. The van der Waals surface area contributed by atoms with Crippen molar-refractivity contribution >= 4 is 28.4 Å². The number of methoxy groups -OCH3 is 1. The SMILES string of the molecule is COCCOCCOCCOCCn1cc(C(=O)Nc2ccc3[nH]c(C(=O)N(C)C)cc3c2)nn1. The Labute approximate surface area is 203 Å². The summed E-state index contributed by atoms with van der Waals surface area (Å²) < 4.78 is 22.7. The number of aromatic amines is 1. The number of hydrogen-bond acceptors (Lipinski definition) is 8. The fourth-order valence-electron chi connectivity index (χ4n) is 3.12. The van der Waals surface area contributed by atoms with Crippen molar-refractivity contribution < 1.29 is 28.5 Å². The molecular formula is C23H32N6O6. The van der Waals surface area contributed by atoms with Crippen molar-refractivity contribution in [2.24, 2.45) is 0 Å². The van der Waals surface area contributed by atoms with Crippen LogP contribution in [-0.4, -0.2) is 104 Å². The van der Waals surface area contributed by atoms with E-state index in [-0.39, 0.29) is 17.5 Å². The number of ether oxygens (including phenoxy) is 4. The first kappa shape index (κ1) is 26.3. The zero-order valence-corrected chi connectivity index (χ0v) is 20.3. The van der Waals surface area contributed by atoms with Gasteiger partial charge in [-0.25, -0.2) is 4.68 Å². The van der Waals surface area contributed by atoms with Crippen LogP contribution in [0.1, 0.15) is 21.0 Å². The van der Waals surface area contributed by atoms with E-state index in [1.807, 2.05) is 6.07 Å². The van der Waals surface area contributed by atoms with Crippen LogP contribution in [-0.2, 0) is 25.5 Å². The van der Waals surface area contributed by atoms with Crippen LogP contribution in [0.5, 0.6) is 0 Å². The zero-order chi connectivity index (χ0) is 25.0. The van der Waals surface area contributed by atoms with Crippen LogP contribution < -0.4 is 5.32 Å². The molecule has 2 aromatic heterocycles. The first-order valence-corrected chi connectivity index (χ1v) is 11.3. The number of benzene rings is 1. The molecule has 2 heterocycles. The number of nitrogens with zero attached hydrogens (tertiary/aromatic N) is 4. The van der Waals surface area contributed by atoms with Crippen LogP contribution in [0.2, 0.25) is 0 Å². The van der Waals surface area contributed by atoms with E-state index in [2.05, 4.69) is 20.6 Å². The number of H-pyrrole nitrogens is 1. The Morgan fingerprint density at radius 1 is 1.00 bits per heavy atom. The first-order valence-electron chi connectivity index (χ1n) is 11.3. The van der Waals surface area contributed by atoms with Gasteiger partial charge in [-0.15, -0.1) is 5.10 Å². The second-order valence-electron chi connectivity index (χ2n) is 7.84. The highest BCUT2D eigenvalue weighted by Gasteiger charge is 2.14. The van der Waals surface area contributed by atoms with Crippen LogP contribution in [0.25, 0.3) is 10.9 Å². The van der Waals surface area contributed by atoms with E-state index in [1.54, 1.807) is 50.3 Å². The Balaban J connectivity index is 1.38. The van der Waals surface area contributed by atoms with E-state index < -0.39 is 0 Å². The van der Waals surface area contributed by atoms with Crippen molar-refractivity contribution in [1.29, 1.82) is 0 Å². The number of carbonyl (C=O) groups is 2. The summed E-state index contributed by atoms with van der Waals surface area (Å²) in [5.41, 5.74) is 2.07. The van der Waals surface area contributed by atoms with Crippen molar-refractivity contribution in [3.8, 4) is 0 Å². The molecule has 0 saturated heterocycles. The maximum Gasteiger partial charge on any atom is 0.277 e. The third-order valence-corrected chi connectivity index (χ3v) is 4.93. The largest absolute Gasteiger partial charge is 0.382 e. The van der Waals surface area contributed by atoms with Crippen molar-refractivity contribution in [3.05, 3.63) is 41.9 Å². The van der Waals surface area contributed by atoms with Gasteiger partial charge in [-0.05, 0) is 24.3 Å². The minimum Gasteiger partial charge on any atom is -0.382 e. The average Bonchev–Trinajstić information content (AvgIpc) is 3.49. The molecule has 2 amide bonds. The molecule has 2 N–H and O–H groups in total. The summed E-state index contributed by atoms with van der Waals surface area (Å²) in [6, 6.07) is 7.12. The van der Waals surface area contributed by atoms with Gasteiger partial charge in [0.15, 0.2) is 5.69 Å². The Hall–Kier alpha value is -3.32. The van der Waals surface area contributed by atoms with E-state index in [1.165, 1.54) is 4.90 Å². The number of fused-ring (bicyclic) bond motifs is 1. The highest BCUT2D eigenvalue weighted by molar-refractivity contribution is 6.04.